The van der Waals surface area contributed by atoms with E-state index in [-0.39, 0.29) is 12.1 Å². The molecule has 3 rings (SSSR count). The second-order valence-corrected chi connectivity index (χ2v) is 5.85. The van der Waals surface area contributed by atoms with Gasteiger partial charge in [0.1, 0.15) is 11.5 Å². The molecule has 0 saturated heterocycles. The van der Waals surface area contributed by atoms with Crippen LogP contribution < -0.4 is 5.32 Å². The summed E-state index contributed by atoms with van der Waals surface area (Å²) in [6.45, 7) is 4.23. The smallest absolute Gasteiger partial charge is 0.317 e. The molecule has 0 radical (unpaired) electrons. The van der Waals surface area contributed by atoms with E-state index in [4.69, 9.17) is 8.94 Å². The van der Waals surface area contributed by atoms with E-state index in [9.17, 15) is 4.79 Å². The first-order valence-corrected chi connectivity index (χ1v) is 7.56. The minimum atomic E-state index is -0.0981. The minimum absolute atomic E-state index is 0.0297. The second-order valence-electron chi connectivity index (χ2n) is 5.85. The average Bonchev–Trinajstić information content (AvgIpc) is 3.09. The Balaban J connectivity index is 1.65. The maximum Gasteiger partial charge on any atom is 0.317 e. The number of fused-ring (bicyclic) bond motifs is 1. The highest BCUT2D eigenvalue weighted by molar-refractivity contribution is 5.74. The zero-order valence-corrected chi connectivity index (χ0v) is 13.2. The van der Waals surface area contributed by atoms with E-state index in [2.05, 4.69) is 10.5 Å². The van der Waals surface area contributed by atoms with Crippen molar-refractivity contribution < 1.29 is 13.7 Å². The number of aromatic nitrogens is 1. The standard InChI is InChI=1S/C16H21N3O3/c1-10-13(11(2)22-18-10)9-19(3)16(20)17-14-5-4-6-15-12(14)7-8-21-15/h7-8,14H,4-6,9H2,1-3H3,(H,17,20). The van der Waals surface area contributed by atoms with Gasteiger partial charge in [-0.25, -0.2) is 4.79 Å². The van der Waals surface area contributed by atoms with Crippen LogP contribution in [0.3, 0.4) is 0 Å². The Labute approximate surface area is 129 Å². The van der Waals surface area contributed by atoms with Crippen molar-refractivity contribution in [2.75, 3.05) is 7.05 Å². The lowest BCUT2D eigenvalue weighted by molar-refractivity contribution is 0.200. The van der Waals surface area contributed by atoms with Gasteiger partial charge in [0.15, 0.2) is 0 Å². The number of aryl methyl sites for hydroxylation is 3. The summed E-state index contributed by atoms with van der Waals surface area (Å²) in [5, 5.41) is 7.01. The average molecular weight is 303 g/mol. The van der Waals surface area contributed by atoms with Gasteiger partial charge in [-0.15, -0.1) is 0 Å². The summed E-state index contributed by atoms with van der Waals surface area (Å²) in [6.07, 6.45) is 4.61. The number of furan rings is 1. The van der Waals surface area contributed by atoms with Crippen molar-refractivity contribution in [3.05, 3.63) is 40.7 Å². The van der Waals surface area contributed by atoms with Crippen LogP contribution in [0.5, 0.6) is 0 Å². The third-order valence-electron chi connectivity index (χ3n) is 4.27. The number of carbonyl (C=O) groups is 1. The van der Waals surface area contributed by atoms with Crippen LogP contribution in [0.25, 0.3) is 0 Å². The molecule has 1 aliphatic rings. The molecule has 2 amide bonds. The summed E-state index contributed by atoms with van der Waals surface area (Å²) < 4.78 is 10.6. The number of amides is 2. The number of nitrogens with one attached hydrogen (secondary N) is 1. The van der Waals surface area contributed by atoms with Gasteiger partial charge in [-0.3, -0.25) is 0 Å². The number of nitrogens with zero attached hydrogens (tertiary/aromatic N) is 2. The molecule has 2 aromatic heterocycles. The maximum absolute atomic E-state index is 12.4. The molecule has 1 atom stereocenters. The van der Waals surface area contributed by atoms with Crippen LogP contribution in [0.15, 0.2) is 21.3 Å². The maximum atomic E-state index is 12.4. The summed E-state index contributed by atoms with van der Waals surface area (Å²) in [5.74, 6) is 1.75. The fraction of sp³-hybridized carbons (Fsp3) is 0.500. The van der Waals surface area contributed by atoms with E-state index < -0.39 is 0 Å². The predicted molar refractivity (Wildman–Crippen MR) is 80.4 cm³/mol. The molecule has 6 heteroatoms. The Morgan fingerprint density at radius 3 is 3.05 bits per heavy atom. The number of rotatable bonds is 3. The van der Waals surface area contributed by atoms with E-state index in [1.807, 2.05) is 19.9 Å². The van der Waals surface area contributed by atoms with Crippen molar-refractivity contribution in [3.8, 4) is 0 Å². The summed E-state index contributed by atoms with van der Waals surface area (Å²) in [4.78, 5) is 14.1. The molecule has 0 aliphatic heterocycles. The van der Waals surface area contributed by atoms with Crippen molar-refractivity contribution in [2.45, 2.75) is 45.7 Å². The van der Waals surface area contributed by atoms with Crippen molar-refractivity contribution in [3.63, 3.8) is 0 Å². The van der Waals surface area contributed by atoms with Crippen LogP contribution in [0.4, 0.5) is 4.79 Å². The number of carbonyl (C=O) groups excluding carboxylic acids is 1. The molecule has 0 fully saturated rings. The molecule has 2 aromatic rings. The number of urea groups is 1. The Kier molecular flexibility index (Phi) is 3.92. The Hall–Kier alpha value is -2.24. The lowest BCUT2D eigenvalue weighted by atomic mass is 9.93. The molecule has 1 unspecified atom stereocenters. The van der Waals surface area contributed by atoms with Gasteiger partial charge >= 0.3 is 6.03 Å². The van der Waals surface area contributed by atoms with Crippen LogP contribution in [0.1, 0.15) is 47.2 Å². The third kappa shape index (κ3) is 2.73. The normalized spacial score (nSPS) is 17.1. The van der Waals surface area contributed by atoms with E-state index in [1.54, 1.807) is 18.2 Å². The highest BCUT2D eigenvalue weighted by Gasteiger charge is 2.25. The second kappa shape index (κ2) is 5.87. The Morgan fingerprint density at radius 2 is 2.32 bits per heavy atom. The molecule has 6 nitrogen and oxygen atoms in total. The molecule has 0 spiro atoms. The monoisotopic (exact) mass is 303 g/mol. The van der Waals surface area contributed by atoms with E-state index in [0.29, 0.717) is 6.54 Å². The summed E-state index contributed by atoms with van der Waals surface area (Å²) in [7, 11) is 1.78. The largest absolute Gasteiger partial charge is 0.469 e. The third-order valence-corrected chi connectivity index (χ3v) is 4.27. The molecule has 0 aromatic carbocycles. The fourth-order valence-corrected chi connectivity index (χ4v) is 2.93. The molecule has 1 N–H and O–H groups in total. The molecule has 0 bridgehead atoms. The molecule has 22 heavy (non-hydrogen) atoms. The number of hydrogen-bond donors (Lipinski definition) is 1. The highest BCUT2D eigenvalue weighted by atomic mass is 16.5. The SMILES string of the molecule is Cc1noc(C)c1CN(C)C(=O)NC1CCCc2occc21. The summed E-state index contributed by atoms with van der Waals surface area (Å²) in [6, 6.07) is 1.88. The van der Waals surface area contributed by atoms with E-state index >= 15 is 0 Å². The zero-order chi connectivity index (χ0) is 15.7. The molecular formula is C16H21N3O3. The molecular weight excluding hydrogens is 282 g/mol. The molecule has 0 saturated carbocycles. The summed E-state index contributed by atoms with van der Waals surface area (Å²) in [5.41, 5.74) is 2.89. The lowest BCUT2D eigenvalue weighted by Gasteiger charge is -2.26. The van der Waals surface area contributed by atoms with Crippen LogP contribution >= 0.6 is 0 Å². The van der Waals surface area contributed by atoms with Crippen molar-refractivity contribution >= 4 is 6.03 Å². The van der Waals surface area contributed by atoms with Gasteiger partial charge in [0.25, 0.3) is 0 Å². The van der Waals surface area contributed by atoms with Crippen molar-refractivity contribution in [2.24, 2.45) is 0 Å². The van der Waals surface area contributed by atoms with Crippen LogP contribution in [0.2, 0.25) is 0 Å². The predicted octanol–water partition coefficient (Wildman–Crippen LogP) is 3.10. The highest BCUT2D eigenvalue weighted by Crippen LogP contribution is 2.30. The van der Waals surface area contributed by atoms with Crippen LogP contribution in [-0.4, -0.2) is 23.1 Å². The number of hydrogen-bond acceptors (Lipinski definition) is 4. The molecule has 1 aliphatic carbocycles. The fourth-order valence-electron chi connectivity index (χ4n) is 2.93. The van der Waals surface area contributed by atoms with Gasteiger partial charge in [0, 0.05) is 24.6 Å². The van der Waals surface area contributed by atoms with Gasteiger partial charge in [0.2, 0.25) is 0 Å². The topological polar surface area (TPSA) is 71.5 Å². The van der Waals surface area contributed by atoms with E-state index in [0.717, 1.165) is 47.6 Å². The van der Waals surface area contributed by atoms with Gasteiger partial charge < -0.3 is 19.2 Å². The molecule has 2 heterocycles. The van der Waals surface area contributed by atoms with Crippen molar-refractivity contribution in [1.82, 2.24) is 15.4 Å². The quantitative estimate of drug-likeness (QED) is 0.945. The molecule has 118 valence electrons. The summed E-state index contributed by atoms with van der Waals surface area (Å²) >= 11 is 0. The van der Waals surface area contributed by atoms with E-state index in [1.165, 1.54) is 0 Å². The van der Waals surface area contributed by atoms with Gasteiger partial charge in [-0.1, -0.05) is 5.16 Å². The van der Waals surface area contributed by atoms with Gasteiger partial charge in [0.05, 0.1) is 24.5 Å². The van der Waals surface area contributed by atoms with Gasteiger partial charge in [-0.2, -0.15) is 0 Å². The van der Waals surface area contributed by atoms with Crippen LogP contribution in [0, 0.1) is 13.8 Å². The first-order chi connectivity index (χ1) is 10.6. The van der Waals surface area contributed by atoms with Crippen molar-refractivity contribution in [1.29, 1.82) is 0 Å². The Morgan fingerprint density at radius 1 is 1.50 bits per heavy atom. The Bertz CT molecular complexity index is 654. The first-order valence-electron chi connectivity index (χ1n) is 7.56. The first kappa shape index (κ1) is 14.7. The lowest BCUT2D eigenvalue weighted by Crippen LogP contribution is -2.39. The van der Waals surface area contributed by atoms with Crippen LogP contribution in [-0.2, 0) is 13.0 Å². The van der Waals surface area contributed by atoms with Gasteiger partial charge in [-0.05, 0) is 32.8 Å². The zero-order valence-electron chi connectivity index (χ0n) is 13.2. The minimum Gasteiger partial charge on any atom is -0.469 e.